The summed E-state index contributed by atoms with van der Waals surface area (Å²) in [6, 6.07) is 12.5. The highest BCUT2D eigenvalue weighted by molar-refractivity contribution is 7.99. The van der Waals surface area contributed by atoms with Gasteiger partial charge >= 0.3 is 0 Å². The average molecular weight is 319 g/mol. The van der Waals surface area contributed by atoms with E-state index in [1.54, 1.807) is 0 Å². The van der Waals surface area contributed by atoms with Crippen LogP contribution >= 0.6 is 23.5 Å². The van der Waals surface area contributed by atoms with Gasteiger partial charge in [-0.25, -0.2) is 0 Å². The Bertz CT molecular complexity index is 508. The Labute approximate surface area is 136 Å². The van der Waals surface area contributed by atoms with Gasteiger partial charge in [0.15, 0.2) is 0 Å². The van der Waals surface area contributed by atoms with E-state index in [1.807, 2.05) is 49.5 Å². The van der Waals surface area contributed by atoms with Crippen LogP contribution < -0.4 is 0 Å². The lowest BCUT2D eigenvalue weighted by atomic mass is 10.3. The Hall–Kier alpha value is -1.00. The number of nitrogens with zero attached hydrogens (tertiary/aromatic N) is 2. The van der Waals surface area contributed by atoms with Gasteiger partial charge in [0.05, 0.1) is 11.4 Å². The van der Waals surface area contributed by atoms with Crippen molar-refractivity contribution >= 4 is 23.5 Å². The summed E-state index contributed by atoms with van der Waals surface area (Å²) in [5.74, 6) is 4.44. The summed E-state index contributed by atoms with van der Waals surface area (Å²) < 4.78 is 0. The minimum atomic E-state index is 1.02. The number of pyridine rings is 2. The molecule has 0 atom stereocenters. The summed E-state index contributed by atoms with van der Waals surface area (Å²) in [5.41, 5.74) is 4.59. The standard InChI is InChI=1S/C17H22N2S2/c1-14-6-3-8-16(18-14)12-20-10-5-11-21-13-17-9-4-7-15(2)19-17/h3-4,6-9H,5,10-13H2,1-2H3. The molecule has 0 N–H and O–H groups in total. The molecule has 2 aromatic heterocycles. The van der Waals surface area contributed by atoms with Crippen LogP contribution in [0.1, 0.15) is 29.2 Å². The molecular formula is C17H22N2S2. The molecule has 0 amide bonds. The maximum Gasteiger partial charge on any atom is 0.0505 e. The second kappa shape index (κ2) is 9.11. The third kappa shape index (κ3) is 6.53. The van der Waals surface area contributed by atoms with Gasteiger partial charge in [0.25, 0.3) is 0 Å². The van der Waals surface area contributed by atoms with Gasteiger partial charge in [-0.2, -0.15) is 23.5 Å². The molecule has 0 unspecified atom stereocenters. The number of aromatic nitrogens is 2. The fraction of sp³-hybridized carbons (Fsp3) is 0.412. The molecule has 21 heavy (non-hydrogen) atoms. The molecule has 0 aliphatic rings. The lowest BCUT2D eigenvalue weighted by Crippen LogP contribution is -1.92. The molecule has 2 heterocycles. The van der Waals surface area contributed by atoms with Crippen LogP contribution in [-0.2, 0) is 11.5 Å². The van der Waals surface area contributed by atoms with Crippen molar-refractivity contribution in [1.82, 2.24) is 9.97 Å². The van der Waals surface area contributed by atoms with E-state index in [9.17, 15) is 0 Å². The van der Waals surface area contributed by atoms with Crippen molar-refractivity contribution in [1.29, 1.82) is 0 Å². The van der Waals surface area contributed by atoms with Crippen LogP contribution in [0.2, 0.25) is 0 Å². The van der Waals surface area contributed by atoms with E-state index in [0.29, 0.717) is 0 Å². The number of rotatable bonds is 8. The predicted molar refractivity (Wildman–Crippen MR) is 94.9 cm³/mol. The quantitative estimate of drug-likeness (QED) is 0.662. The van der Waals surface area contributed by atoms with Crippen LogP contribution in [0.25, 0.3) is 0 Å². The van der Waals surface area contributed by atoms with E-state index in [2.05, 4.69) is 34.2 Å². The number of hydrogen-bond acceptors (Lipinski definition) is 4. The average Bonchev–Trinajstić information content (AvgIpc) is 2.46. The van der Waals surface area contributed by atoms with Gasteiger partial charge in [-0.15, -0.1) is 0 Å². The van der Waals surface area contributed by atoms with Crippen molar-refractivity contribution in [2.45, 2.75) is 31.8 Å². The van der Waals surface area contributed by atoms with Gasteiger partial charge in [-0.05, 0) is 56.0 Å². The molecule has 2 rings (SSSR count). The van der Waals surface area contributed by atoms with Gasteiger partial charge in [0.2, 0.25) is 0 Å². The third-order valence-corrected chi connectivity index (χ3v) is 5.12. The first-order chi connectivity index (χ1) is 10.2. The summed E-state index contributed by atoms with van der Waals surface area (Å²) in [6.07, 6.45) is 1.24. The van der Waals surface area contributed by atoms with Crippen LogP contribution in [0.3, 0.4) is 0 Å². The largest absolute Gasteiger partial charge is 0.257 e. The van der Waals surface area contributed by atoms with Gasteiger partial charge in [-0.3, -0.25) is 9.97 Å². The van der Waals surface area contributed by atoms with Crippen LogP contribution in [-0.4, -0.2) is 21.5 Å². The topological polar surface area (TPSA) is 25.8 Å². The zero-order chi connectivity index (χ0) is 14.9. The van der Waals surface area contributed by atoms with Gasteiger partial charge < -0.3 is 0 Å². The molecular weight excluding hydrogens is 296 g/mol. The molecule has 0 saturated carbocycles. The zero-order valence-corrected chi connectivity index (χ0v) is 14.3. The highest BCUT2D eigenvalue weighted by atomic mass is 32.2. The smallest absolute Gasteiger partial charge is 0.0505 e. The minimum absolute atomic E-state index is 1.02. The molecule has 0 fully saturated rings. The Morgan fingerprint density at radius 3 is 1.67 bits per heavy atom. The van der Waals surface area contributed by atoms with Crippen molar-refractivity contribution in [3.05, 3.63) is 59.2 Å². The summed E-state index contributed by atoms with van der Waals surface area (Å²) in [6.45, 7) is 4.09. The fourth-order valence-corrected chi connectivity index (χ4v) is 3.88. The first-order valence-corrected chi connectivity index (χ1v) is 9.55. The monoisotopic (exact) mass is 318 g/mol. The Balaban J connectivity index is 1.54. The molecule has 0 aliphatic carbocycles. The van der Waals surface area contributed by atoms with Gasteiger partial charge in [0, 0.05) is 22.9 Å². The molecule has 0 saturated heterocycles. The van der Waals surface area contributed by atoms with Crippen LogP contribution in [0.5, 0.6) is 0 Å². The van der Waals surface area contributed by atoms with Crippen molar-refractivity contribution in [2.75, 3.05) is 11.5 Å². The molecule has 0 aliphatic heterocycles. The number of aryl methyl sites for hydroxylation is 2. The summed E-state index contributed by atoms with van der Waals surface area (Å²) >= 11 is 3.94. The Morgan fingerprint density at radius 2 is 1.24 bits per heavy atom. The zero-order valence-electron chi connectivity index (χ0n) is 12.7. The fourth-order valence-electron chi connectivity index (χ4n) is 1.98. The first-order valence-electron chi connectivity index (χ1n) is 7.24. The van der Waals surface area contributed by atoms with Crippen LogP contribution in [0.4, 0.5) is 0 Å². The minimum Gasteiger partial charge on any atom is -0.257 e. The molecule has 0 bridgehead atoms. The van der Waals surface area contributed by atoms with Crippen molar-refractivity contribution in [2.24, 2.45) is 0 Å². The summed E-state index contributed by atoms with van der Waals surface area (Å²) in [7, 11) is 0. The van der Waals surface area contributed by atoms with E-state index in [-0.39, 0.29) is 0 Å². The van der Waals surface area contributed by atoms with E-state index in [1.165, 1.54) is 29.3 Å². The molecule has 112 valence electrons. The Morgan fingerprint density at radius 1 is 0.762 bits per heavy atom. The van der Waals surface area contributed by atoms with Crippen molar-refractivity contribution in [3.63, 3.8) is 0 Å². The lowest BCUT2D eigenvalue weighted by Gasteiger charge is -2.04. The molecule has 2 aromatic rings. The highest BCUT2D eigenvalue weighted by Crippen LogP contribution is 2.16. The lowest BCUT2D eigenvalue weighted by molar-refractivity contribution is 1.08. The molecule has 0 aromatic carbocycles. The second-order valence-corrected chi connectivity index (χ2v) is 7.21. The number of hydrogen-bond donors (Lipinski definition) is 0. The van der Waals surface area contributed by atoms with E-state index in [4.69, 9.17) is 0 Å². The molecule has 2 nitrogen and oxygen atoms in total. The second-order valence-electron chi connectivity index (χ2n) is 5.00. The third-order valence-electron chi connectivity index (χ3n) is 2.97. The highest BCUT2D eigenvalue weighted by Gasteiger charge is 1.98. The van der Waals surface area contributed by atoms with Gasteiger partial charge in [-0.1, -0.05) is 12.1 Å². The first kappa shape index (κ1) is 16.4. The van der Waals surface area contributed by atoms with E-state index < -0.39 is 0 Å². The van der Waals surface area contributed by atoms with Crippen molar-refractivity contribution in [3.8, 4) is 0 Å². The number of thioether (sulfide) groups is 2. The normalized spacial score (nSPS) is 10.8. The maximum atomic E-state index is 4.52. The maximum absolute atomic E-state index is 4.52. The molecule has 0 spiro atoms. The molecule has 0 radical (unpaired) electrons. The summed E-state index contributed by atoms with van der Waals surface area (Å²) in [4.78, 5) is 9.04. The van der Waals surface area contributed by atoms with Crippen LogP contribution in [0, 0.1) is 13.8 Å². The predicted octanol–water partition coefficient (Wildman–Crippen LogP) is 4.65. The van der Waals surface area contributed by atoms with Crippen LogP contribution in [0.15, 0.2) is 36.4 Å². The van der Waals surface area contributed by atoms with E-state index in [0.717, 1.165) is 22.9 Å². The van der Waals surface area contributed by atoms with Gasteiger partial charge in [0.1, 0.15) is 0 Å². The Kier molecular flexibility index (Phi) is 7.10. The van der Waals surface area contributed by atoms with E-state index >= 15 is 0 Å². The molecule has 4 heteroatoms. The van der Waals surface area contributed by atoms with Crippen molar-refractivity contribution < 1.29 is 0 Å². The SMILES string of the molecule is Cc1cccc(CSCCCSCc2cccc(C)n2)n1. The summed E-state index contributed by atoms with van der Waals surface area (Å²) in [5, 5.41) is 0.